The van der Waals surface area contributed by atoms with E-state index in [1.165, 1.54) is 6.20 Å². The number of aromatic amines is 1. The van der Waals surface area contributed by atoms with Gasteiger partial charge < -0.3 is 4.98 Å². The number of benzene rings is 1. The maximum absolute atomic E-state index is 12.4. The number of alkyl halides is 3. The Morgan fingerprint density at radius 2 is 1.88 bits per heavy atom. The highest BCUT2D eigenvalue weighted by atomic mass is 19.4. The molecule has 1 heterocycles. The Hall–Kier alpha value is -1.78. The number of rotatable bonds is 1. The molecule has 2 nitrogen and oxygen atoms in total. The van der Waals surface area contributed by atoms with E-state index >= 15 is 0 Å². The molecular weight excluding hydrogens is 229 g/mol. The first-order valence-electron chi connectivity index (χ1n) is 5.08. The average molecular weight is 240 g/mol. The minimum Gasteiger partial charge on any atom is -0.334 e. The molecule has 0 saturated carbocycles. The van der Waals surface area contributed by atoms with E-state index in [9.17, 15) is 13.2 Å². The molecule has 90 valence electrons. The smallest absolute Gasteiger partial charge is 0.334 e. The van der Waals surface area contributed by atoms with Crippen LogP contribution in [0.25, 0.3) is 11.3 Å². The van der Waals surface area contributed by atoms with E-state index in [2.05, 4.69) is 9.97 Å². The predicted octanol–water partition coefficient (Wildman–Crippen LogP) is 3.71. The lowest BCUT2D eigenvalue weighted by Crippen LogP contribution is -2.07. The summed E-state index contributed by atoms with van der Waals surface area (Å²) < 4.78 is 37.2. The summed E-state index contributed by atoms with van der Waals surface area (Å²) >= 11 is 0. The Labute approximate surface area is 96.5 Å². The highest BCUT2D eigenvalue weighted by molar-refractivity contribution is 5.63. The molecule has 0 fully saturated rings. The van der Waals surface area contributed by atoms with E-state index in [0.717, 1.165) is 16.7 Å². The molecular formula is C12H11F3N2. The van der Waals surface area contributed by atoms with Gasteiger partial charge in [-0.3, -0.25) is 0 Å². The second kappa shape index (κ2) is 3.91. The molecule has 2 rings (SSSR count). The summed E-state index contributed by atoms with van der Waals surface area (Å²) in [5.41, 5.74) is 3.11. The first-order chi connectivity index (χ1) is 7.88. The summed E-state index contributed by atoms with van der Waals surface area (Å²) in [6.07, 6.45) is -3.22. The Kier molecular flexibility index (Phi) is 2.69. The van der Waals surface area contributed by atoms with Crippen LogP contribution in [0.5, 0.6) is 0 Å². The van der Waals surface area contributed by atoms with Crippen molar-refractivity contribution in [1.82, 2.24) is 9.97 Å². The molecule has 1 aromatic heterocycles. The van der Waals surface area contributed by atoms with E-state index in [4.69, 9.17) is 0 Å². The summed E-state index contributed by atoms with van der Waals surface area (Å²) in [5.74, 6) is -0.965. The van der Waals surface area contributed by atoms with Crippen molar-refractivity contribution in [3.63, 3.8) is 0 Å². The molecule has 2 aromatic rings. The third-order valence-corrected chi connectivity index (χ3v) is 2.52. The van der Waals surface area contributed by atoms with E-state index in [0.29, 0.717) is 5.69 Å². The van der Waals surface area contributed by atoms with Crippen molar-refractivity contribution >= 4 is 0 Å². The molecule has 17 heavy (non-hydrogen) atoms. The summed E-state index contributed by atoms with van der Waals surface area (Å²) in [4.78, 5) is 5.64. The van der Waals surface area contributed by atoms with Crippen LogP contribution < -0.4 is 0 Å². The molecule has 0 atom stereocenters. The zero-order valence-electron chi connectivity index (χ0n) is 9.39. The van der Waals surface area contributed by atoms with Gasteiger partial charge in [-0.2, -0.15) is 13.2 Å². The first-order valence-corrected chi connectivity index (χ1v) is 5.08. The molecule has 5 heteroatoms. The molecule has 0 aliphatic heterocycles. The Morgan fingerprint density at radius 1 is 1.18 bits per heavy atom. The van der Waals surface area contributed by atoms with Crippen molar-refractivity contribution in [2.75, 3.05) is 0 Å². The van der Waals surface area contributed by atoms with Crippen molar-refractivity contribution < 1.29 is 13.2 Å². The molecule has 0 aliphatic carbocycles. The second-order valence-corrected chi connectivity index (χ2v) is 3.96. The fraction of sp³-hybridized carbons (Fsp3) is 0.250. The van der Waals surface area contributed by atoms with Crippen LogP contribution in [0.2, 0.25) is 0 Å². The number of H-pyrrole nitrogens is 1. The zero-order chi connectivity index (χ0) is 12.6. The highest BCUT2D eigenvalue weighted by Crippen LogP contribution is 2.29. The lowest BCUT2D eigenvalue weighted by Gasteiger charge is -2.05. The number of hydrogen-bond donors (Lipinski definition) is 1. The highest BCUT2D eigenvalue weighted by Gasteiger charge is 2.34. The summed E-state index contributed by atoms with van der Waals surface area (Å²) in [7, 11) is 0. The lowest BCUT2D eigenvalue weighted by atomic mass is 10.0. The van der Waals surface area contributed by atoms with Gasteiger partial charge in [0.1, 0.15) is 0 Å². The third kappa shape index (κ3) is 2.33. The van der Waals surface area contributed by atoms with E-state index < -0.39 is 12.0 Å². The van der Waals surface area contributed by atoms with Gasteiger partial charge in [0, 0.05) is 5.56 Å². The van der Waals surface area contributed by atoms with E-state index in [1.807, 2.05) is 26.0 Å². The van der Waals surface area contributed by atoms with Crippen LogP contribution in [0.3, 0.4) is 0 Å². The fourth-order valence-corrected chi connectivity index (χ4v) is 1.72. The maximum atomic E-state index is 12.4. The molecule has 0 spiro atoms. The van der Waals surface area contributed by atoms with E-state index in [1.54, 1.807) is 6.07 Å². The van der Waals surface area contributed by atoms with Crippen molar-refractivity contribution in [1.29, 1.82) is 0 Å². The van der Waals surface area contributed by atoms with Crippen LogP contribution in [0, 0.1) is 13.8 Å². The van der Waals surface area contributed by atoms with Gasteiger partial charge in [0.05, 0.1) is 11.9 Å². The normalized spacial score (nSPS) is 11.8. The molecule has 0 saturated heterocycles. The van der Waals surface area contributed by atoms with Crippen LogP contribution in [-0.4, -0.2) is 9.97 Å². The maximum Gasteiger partial charge on any atom is 0.449 e. The largest absolute Gasteiger partial charge is 0.449 e. The summed E-state index contributed by atoms with van der Waals surface area (Å²) in [6.45, 7) is 3.79. The molecule has 1 aromatic carbocycles. The Bertz CT molecular complexity index is 541. The topological polar surface area (TPSA) is 28.7 Å². The lowest BCUT2D eigenvalue weighted by molar-refractivity contribution is -0.144. The van der Waals surface area contributed by atoms with Crippen molar-refractivity contribution in [3.8, 4) is 11.3 Å². The monoisotopic (exact) mass is 240 g/mol. The second-order valence-electron chi connectivity index (χ2n) is 3.96. The summed E-state index contributed by atoms with van der Waals surface area (Å²) in [5, 5.41) is 0. The average Bonchev–Trinajstić information content (AvgIpc) is 2.65. The number of imidazole rings is 1. The van der Waals surface area contributed by atoms with Crippen molar-refractivity contribution in [3.05, 3.63) is 41.3 Å². The standard InChI is InChI=1S/C12H11F3N2/c1-7-3-4-9(8(2)5-7)10-6-16-11(17-10)12(13,14)15/h3-6H,1-2H3,(H,16,17). The zero-order valence-corrected chi connectivity index (χ0v) is 9.39. The number of aryl methyl sites for hydroxylation is 2. The number of halogens is 3. The number of hydrogen-bond acceptors (Lipinski definition) is 1. The van der Waals surface area contributed by atoms with Crippen LogP contribution in [0.4, 0.5) is 13.2 Å². The fourth-order valence-electron chi connectivity index (χ4n) is 1.72. The van der Waals surface area contributed by atoms with Crippen molar-refractivity contribution in [2.45, 2.75) is 20.0 Å². The number of nitrogens with zero attached hydrogens (tertiary/aromatic N) is 1. The van der Waals surface area contributed by atoms with Gasteiger partial charge in [0.25, 0.3) is 0 Å². The van der Waals surface area contributed by atoms with Crippen LogP contribution >= 0.6 is 0 Å². The van der Waals surface area contributed by atoms with Gasteiger partial charge in [0.15, 0.2) is 0 Å². The minimum absolute atomic E-state index is 0.384. The molecule has 0 amide bonds. The van der Waals surface area contributed by atoms with Gasteiger partial charge in [-0.05, 0) is 19.4 Å². The molecule has 0 radical (unpaired) electrons. The van der Waals surface area contributed by atoms with Crippen LogP contribution in [-0.2, 0) is 6.18 Å². The minimum atomic E-state index is -4.43. The van der Waals surface area contributed by atoms with Gasteiger partial charge in [-0.15, -0.1) is 0 Å². The van der Waals surface area contributed by atoms with Crippen molar-refractivity contribution in [2.24, 2.45) is 0 Å². The predicted molar refractivity (Wildman–Crippen MR) is 58.5 cm³/mol. The van der Waals surface area contributed by atoms with Gasteiger partial charge in [-0.1, -0.05) is 23.8 Å². The van der Waals surface area contributed by atoms with Crippen LogP contribution in [0.15, 0.2) is 24.4 Å². The van der Waals surface area contributed by atoms with Gasteiger partial charge in [-0.25, -0.2) is 4.98 Å². The number of nitrogens with one attached hydrogen (secondary N) is 1. The quantitative estimate of drug-likeness (QED) is 0.808. The SMILES string of the molecule is Cc1ccc(-c2cnc(C(F)(F)F)[nH]2)c(C)c1. The van der Waals surface area contributed by atoms with Gasteiger partial charge in [0.2, 0.25) is 5.82 Å². The third-order valence-electron chi connectivity index (χ3n) is 2.52. The molecule has 0 aliphatic rings. The molecule has 0 unspecified atom stereocenters. The number of aromatic nitrogens is 2. The summed E-state index contributed by atoms with van der Waals surface area (Å²) in [6, 6.07) is 5.57. The van der Waals surface area contributed by atoms with E-state index in [-0.39, 0.29) is 0 Å². The first kappa shape index (κ1) is 11.7. The Balaban J connectivity index is 2.44. The Morgan fingerprint density at radius 3 is 2.41 bits per heavy atom. The molecule has 1 N–H and O–H groups in total. The van der Waals surface area contributed by atoms with Crippen LogP contribution in [0.1, 0.15) is 17.0 Å². The molecule has 0 bridgehead atoms. The van der Waals surface area contributed by atoms with Gasteiger partial charge >= 0.3 is 6.18 Å².